The van der Waals surface area contributed by atoms with Crippen LogP contribution in [-0.4, -0.2) is 36.2 Å². The summed E-state index contributed by atoms with van der Waals surface area (Å²) in [6.07, 6.45) is 3.38. The molecule has 1 aliphatic rings. The molecule has 1 rings (SSSR count). The summed E-state index contributed by atoms with van der Waals surface area (Å²) in [6, 6.07) is 0. The van der Waals surface area contributed by atoms with Crippen LogP contribution in [0.3, 0.4) is 0 Å². The fraction of sp³-hybridized carbons (Fsp3) is 0.923. The Bertz CT molecular complexity index is 258. The summed E-state index contributed by atoms with van der Waals surface area (Å²) >= 11 is 0. The molecule has 0 radical (unpaired) electrons. The van der Waals surface area contributed by atoms with Crippen molar-refractivity contribution in [3.63, 3.8) is 0 Å². The van der Waals surface area contributed by atoms with E-state index in [9.17, 15) is 9.90 Å². The van der Waals surface area contributed by atoms with Gasteiger partial charge in [-0.25, -0.2) is 0 Å². The van der Waals surface area contributed by atoms with E-state index in [0.717, 1.165) is 32.4 Å². The van der Waals surface area contributed by atoms with Crippen LogP contribution in [0.1, 0.15) is 46.5 Å². The zero-order valence-corrected chi connectivity index (χ0v) is 11.3. The minimum atomic E-state index is -0.786. The molecule has 0 aromatic carbocycles. The highest BCUT2D eigenvalue weighted by Gasteiger charge is 2.39. The van der Waals surface area contributed by atoms with E-state index in [-0.39, 0.29) is 11.3 Å². The van der Waals surface area contributed by atoms with Gasteiger partial charge in [0.05, 0.1) is 11.0 Å². The number of carbonyl (C=O) groups excluding carboxylic acids is 1. The molecule has 1 saturated heterocycles. The molecule has 0 spiro atoms. The Morgan fingerprint density at radius 3 is 2.71 bits per heavy atom. The Labute approximate surface area is 104 Å². The standard InChI is InChI=1S/C13H26N2O2/c1-4-6-12(3,17)9-15-11(16)13(5-2)7-8-14-10-13/h14,17H,4-10H2,1-3H3,(H,15,16). The number of amides is 1. The Morgan fingerprint density at radius 1 is 1.53 bits per heavy atom. The van der Waals surface area contributed by atoms with Crippen molar-refractivity contribution in [3.8, 4) is 0 Å². The van der Waals surface area contributed by atoms with E-state index < -0.39 is 5.60 Å². The molecule has 1 fully saturated rings. The number of hydrogen-bond acceptors (Lipinski definition) is 3. The Morgan fingerprint density at radius 2 is 2.24 bits per heavy atom. The van der Waals surface area contributed by atoms with Crippen LogP contribution in [0.5, 0.6) is 0 Å². The molecule has 4 heteroatoms. The van der Waals surface area contributed by atoms with Gasteiger partial charge in [0.1, 0.15) is 0 Å². The van der Waals surface area contributed by atoms with E-state index in [2.05, 4.69) is 17.6 Å². The maximum absolute atomic E-state index is 12.2. The largest absolute Gasteiger partial charge is 0.388 e. The molecule has 100 valence electrons. The predicted molar refractivity (Wildman–Crippen MR) is 68.8 cm³/mol. The fourth-order valence-corrected chi connectivity index (χ4v) is 2.49. The first kappa shape index (κ1) is 14.5. The van der Waals surface area contributed by atoms with Crippen molar-refractivity contribution in [2.75, 3.05) is 19.6 Å². The first-order valence-corrected chi connectivity index (χ1v) is 6.67. The summed E-state index contributed by atoms with van der Waals surface area (Å²) < 4.78 is 0. The number of hydrogen-bond donors (Lipinski definition) is 3. The van der Waals surface area contributed by atoms with Gasteiger partial charge in [0.2, 0.25) is 5.91 Å². The highest BCUT2D eigenvalue weighted by atomic mass is 16.3. The number of nitrogens with one attached hydrogen (secondary N) is 2. The summed E-state index contributed by atoms with van der Waals surface area (Å²) in [7, 11) is 0. The normalized spacial score (nSPS) is 27.8. The third-order valence-corrected chi connectivity index (χ3v) is 3.82. The zero-order valence-electron chi connectivity index (χ0n) is 11.3. The molecule has 0 bridgehead atoms. The van der Waals surface area contributed by atoms with E-state index in [4.69, 9.17) is 0 Å². The second-order valence-corrected chi connectivity index (χ2v) is 5.49. The van der Waals surface area contributed by atoms with E-state index in [1.807, 2.05) is 6.92 Å². The minimum Gasteiger partial charge on any atom is -0.388 e. The van der Waals surface area contributed by atoms with Crippen LogP contribution in [0, 0.1) is 5.41 Å². The van der Waals surface area contributed by atoms with Gasteiger partial charge in [-0.3, -0.25) is 4.79 Å². The molecule has 3 N–H and O–H groups in total. The molecular formula is C13H26N2O2. The van der Waals surface area contributed by atoms with Crippen LogP contribution in [0.15, 0.2) is 0 Å². The van der Waals surface area contributed by atoms with Crippen molar-refractivity contribution in [2.45, 2.75) is 52.1 Å². The lowest BCUT2D eigenvalue weighted by atomic mass is 9.83. The molecule has 1 heterocycles. The van der Waals surface area contributed by atoms with Gasteiger partial charge >= 0.3 is 0 Å². The molecular weight excluding hydrogens is 216 g/mol. The lowest BCUT2D eigenvalue weighted by molar-refractivity contribution is -0.131. The smallest absolute Gasteiger partial charge is 0.227 e. The lowest BCUT2D eigenvalue weighted by Crippen LogP contribution is -2.47. The topological polar surface area (TPSA) is 61.4 Å². The van der Waals surface area contributed by atoms with E-state index in [1.54, 1.807) is 6.92 Å². The van der Waals surface area contributed by atoms with Crippen LogP contribution in [-0.2, 0) is 4.79 Å². The van der Waals surface area contributed by atoms with Gasteiger partial charge in [-0.15, -0.1) is 0 Å². The molecule has 1 aliphatic heterocycles. The SMILES string of the molecule is CCCC(C)(O)CNC(=O)C1(CC)CCNC1. The van der Waals surface area contributed by atoms with Crippen molar-refractivity contribution in [1.82, 2.24) is 10.6 Å². The van der Waals surface area contributed by atoms with Crippen LogP contribution < -0.4 is 10.6 Å². The van der Waals surface area contributed by atoms with Gasteiger partial charge in [0.25, 0.3) is 0 Å². The van der Waals surface area contributed by atoms with Crippen molar-refractivity contribution in [2.24, 2.45) is 5.41 Å². The molecule has 1 amide bonds. The molecule has 0 aliphatic carbocycles. The first-order chi connectivity index (χ1) is 7.96. The van der Waals surface area contributed by atoms with Gasteiger partial charge in [-0.2, -0.15) is 0 Å². The number of carbonyl (C=O) groups is 1. The van der Waals surface area contributed by atoms with E-state index in [1.165, 1.54) is 0 Å². The second-order valence-electron chi connectivity index (χ2n) is 5.49. The summed E-state index contributed by atoms with van der Waals surface area (Å²) in [5, 5.41) is 16.2. The van der Waals surface area contributed by atoms with Gasteiger partial charge < -0.3 is 15.7 Å². The fourth-order valence-electron chi connectivity index (χ4n) is 2.49. The van der Waals surface area contributed by atoms with Crippen LogP contribution in [0.4, 0.5) is 0 Å². The van der Waals surface area contributed by atoms with Gasteiger partial charge in [0.15, 0.2) is 0 Å². The summed E-state index contributed by atoms with van der Waals surface area (Å²) in [5.41, 5.74) is -1.05. The summed E-state index contributed by atoms with van der Waals surface area (Å²) in [5.74, 6) is 0.0846. The van der Waals surface area contributed by atoms with Crippen LogP contribution in [0.2, 0.25) is 0 Å². The van der Waals surface area contributed by atoms with Gasteiger partial charge in [-0.1, -0.05) is 20.3 Å². The van der Waals surface area contributed by atoms with Crippen LogP contribution in [0.25, 0.3) is 0 Å². The molecule has 17 heavy (non-hydrogen) atoms. The lowest BCUT2D eigenvalue weighted by Gasteiger charge is -2.29. The predicted octanol–water partition coefficient (Wildman–Crippen LogP) is 1.04. The average molecular weight is 242 g/mol. The first-order valence-electron chi connectivity index (χ1n) is 6.67. The third-order valence-electron chi connectivity index (χ3n) is 3.82. The molecule has 2 unspecified atom stereocenters. The molecule has 4 nitrogen and oxygen atoms in total. The molecule has 0 aromatic heterocycles. The third kappa shape index (κ3) is 3.68. The monoisotopic (exact) mass is 242 g/mol. The maximum atomic E-state index is 12.2. The Hall–Kier alpha value is -0.610. The zero-order chi connectivity index (χ0) is 12.9. The van der Waals surface area contributed by atoms with E-state index in [0.29, 0.717) is 13.0 Å². The van der Waals surface area contributed by atoms with Crippen molar-refractivity contribution < 1.29 is 9.90 Å². The van der Waals surface area contributed by atoms with Gasteiger partial charge in [-0.05, 0) is 32.7 Å². The van der Waals surface area contributed by atoms with Crippen LogP contribution >= 0.6 is 0 Å². The highest BCUT2D eigenvalue weighted by Crippen LogP contribution is 2.29. The summed E-state index contributed by atoms with van der Waals surface area (Å²) in [4.78, 5) is 12.2. The van der Waals surface area contributed by atoms with E-state index >= 15 is 0 Å². The second kappa shape index (κ2) is 5.83. The van der Waals surface area contributed by atoms with Crippen molar-refractivity contribution in [1.29, 1.82) is 0 Å². The Balaban J connectivity index is 2.48. The maximum Gasteiger partial charge on any atom is 0.227 e. The van der Waals surface area contributed by atoms with Crippen molar-refractivity contribution >= 4 is 5.91 Å². The molecule has 0 saturated carbocycles. The number of rotatable bonds is 6. The summed E-state index contributed by atoms with van der Waals surface area (Å²) in [6.45, 7) is 7.88. The van der Waals surface area contributed by atoms with Crippen molar-refractivity contribution in [3.05, 3.63) is 0 Å². The molecule has 2 atom stereocenters. The minimum absolute atomic E-state index is 0.0846. The highest BCUT2D eigenvalue weighted by molar-refractivity contribution is 5.83. The van der Waals surface area contributed by atoms with Gasteiger partial charge in [0, 0.05) is 13.1 Å². The Kier molecular flexibility index (Phi) is 4.95. The number of aliphatic hydroxyl groups is 1. The average Bonchev–Trinajstić information content (AvgIpc) is 2.75. The quantitative estimate of drug-likeness (QED) is 0.652. The molecule has 0 aromatic rings.